The summed E-state index contributed by atoms with van der Waals surface area (Å²) in [6, 6.07) is 6.78. The fourth-order valence-electron chi connectivity index (χ4n) is 1.52. The molecule has 1 aromatic carbocycles. The molecule has 0 aliphatic rings. The van der Waals surface area contributed by atoms with Crippen LogP contribution >= 0.6 is 22.6 Å². The van der Waals surface area contributed by atoms with Gasteiger partial charge in [0.1, 0.15) is 11.4 Å². The Bertz CT molecular complexity index is 659. The van der Waals surface area contributed by atoms with Crippen LogP contribution in [0.25, 0.3) is 0 Å². The molecule has 1 heterocycles. The van der Waals surface area contributed by atoms with E-state index in [1.807, 2.05) is 6.07 Å². The van der Waals surface area contributed by atoms with Crippen LogP contribution in [0, 0.1) is 17.4 Å². The van der Waals surface area contributed by atoms with Crippen molar-refractivity contribution in [3.63, 3.8) is 0 Å². The molecule has 18 heavy (non-hydrogen) atoms. The van der Waals surface area contributed by atoms with E-state index < -0.39 is 10.1 Å². The Morgan fingerprint density at radius 1 is 1.33 bits per heavy atom. The van der Waals surface area contributed by atoms with Gasteiger partial charge in [0.2, 0.25) is 0 Å². The standard InChI is InChI=1S/C11H10INO4S/c1-7-11(8(2)16-13-7)18(14,15)17-10-5-3-4-9(12)6-10/h3-6H,1-2H3. The summed E-state index contributed by atoms with van der Waals surface area (Å²) in [6.07, 6.45) is 0. The highest BCUT2D eigenvalue weighted by Gasteiger charge is 2.26. The smallest absolute Gasteiger partial charge is 0.344 e. The predicted molar refractivity (Wildman–Crippen MR) is 72.9 cm³/mol. The number of benzene rings is 1. The summed E-state index contributed by atoms with van der Waals surface area (Å²) in [7, 11) is -3.91. The Morgan fingerprint density at radius 2 is 2.06 bits per heavy atom. The summed E-state index contributed by atoms with van der Waals surface area (Å²) in [5, 5.41) is 3.61. The second kappa shape index (κ2) is 4.88. The first-order valence-corrected chi connectivity index (χ1v) is 7.52. The maximum atomic E-state index is 12.1. The Labute approximate surface area is 118 Å². The van der Waals surface area contributed by atoms with Crippen LogP contribution in [0.5, 0.6) is 5.75 Å². The van der Waals surface area contributed by atoms with Crippen molar-refractivity contribution in [2.75, 3.05) is 0 Å². The first-order valence-electron chi connectivity index (χ1n) is 5.03. The van der Waals surface area contributed by atoms with E-state index in [4.69, 9.17) is 8.71 Å². The highest BCUT2D eigenvalue weighted by molar-refractivity contribution is 14.1. The van der Waals surface area contributed by atoms with Gasteiger partial charge in [0.15, 0.2) is 10.7 Å². The van der Waals surface area contributed by atoms with Crippen LogP contribution in [0.2, 0.25) is 0 Å². The van der Waals surface area contributed by atoms with Crippen LogP contribution in [-0.4, -0.2) is 13.6 Å². The van der Waals surface area contributed by atoms with Crippen LogP contribution in [0.15, 0.2) is 33.7 Å². The van der Waals surface area contributed by atoms with E-state index in [9.17, 15) is 8.42 Å². The van der Waals surface area contributed by atoms with E-state index >= 15 is 0 Å². The van der Waals surface area contributed by atoms with Gasteiger partial charge in [0.25, 0.3) is 0 Å². The predicted octanol–water partition coefficient (Wildman–Crippen LogP) is 2.66. The van der Waals surface area contributed by atoms with Crippen molar-refractivity contribution in [1.82, 2.24) is 5.16 Å². The molecule has 0 saturated carbocycles. The number of hydrogen-bond donors (Lipinski definition) is 0. The van der Waals surface area contributed by atoms with E-state index in [2.05, 4.69) is 27.7 Å². The molecule has 7 heteroatoms. The zero-order valence-electron chi connectivity index (χ0n) is 9.68. The molecule has 0 fully saturated rings. The third kappa shape index (κ3) is 2.66. The lowest BCUT2D eigenvalue weighted by Gasteiger charge is -2.06. The molecule has 5 nitrogen and oxygen atoms in total. The number of aromatic nitrogens is 1. The van der Waals surface area contributed by atoms with Crippen LogP contribution < -0.4 is 4.18 Å². The Morgan fingerprint density at radius 3 is 2.61 bits per heavy atom. The van der Waals surface area contributed by atoms with E-state index in [0.29, 0.717) is 0 Å². The summed E-state index contributed by atoms with van der Waals surface area (Å²) >= 11 is 2.08. The monoisotopic (exact) mass is 379 g/mol. The normalized spacial score (nSPS) is 11.5. The lowest BCUT2D eigenvalue weighted by molar-refractivity contribution is 0.390. The summed E-state index contributed by atoms with van der Waals surface area (Å²) in [5.41, 5.74) is 0.290. The second-order valence-electron chi connectivity index (χ2n) is 3.65. The Balaban J connectivity index is 2.39. The zero-order valence-corrected chi connectivity index (χ0v) is 12.6. The van der Waals surface area contributed by atoms with Gasteiger partial charge in [-0.15, -0.1) is 0 Å². The molecular formula is C11H10INO4S. The summed E-state index contributed by atoms with van der Waals surface area (Å²) in [4.78, 5) is -0.0126. The highest BCUT2D eigenvalue weighted by Crippen LogP contribution is 2.24. The zero-order chi connectivity index (χ0) is 13.3. The number of aryl methyl sites for hydroxylation is 2. The van der Waals surface area contributed by atoms with Crippen molar-refractivity contribution in [2.45, 2.75) is 18.7 Å². The highest BCUT2D eigenvalue weighted by atomic mass is 127. The topological polar surface area (TPSA) is 69.4 Å². The molecule has 0 aliphatic carbocycles. The molecule has 96 valence electrons. The maximum absolute atomic E-state index is 12.1. The van der Waals surface area contributed by atoms with Crippen LogP contribution in [0.3, 0.4) is 0 Å². The van der Waals surface area contributed by atoms with Gasteiger partial charge in [0.05, 0.1) is 0 Å². The summed E-state index contributed by atoms with van der Waals surface area (Å²) in [5.74, 6) is 0.486. The molecule has 0 saturated heterocycles. The molecule has 0 N–H and O–H groups in total. The van der Waals surface area contributed by atoms with Gasteiger partial charge in [-0.25, -0.2) is 0 Å². The van der Waals surface area contributed by atoms with Crippen molar-refractivity contribution in [3.8, 4) is 5.75 Å². The van der Waals surface area contributed by atoms with Gasteiger partial charge in [-0.3, -0.25) is 0 Å². The van der Waals surface area contributed by atoms with E-state index in [1.54, 1.807) is 25.1 Å². The molecule has 0 atom stereocenters. The minimum atomic E-state index is -3.91. The molecule has 0 amide bonds. The van der Waals surface area contributed by atoms with E-state index in [0.717, 1.165) is 3.57 Å². The molecule has 0 aliphatic heterocycles. The lowest BCUT2D eigenvalue weighted by Crippen LogP contribution is -2.11. The first-order chi connectivity index (χ1) is 8.40. The number of hydrogen-bond acceptors (Lipinski definition) is 5. The first kappa shape index (κ1) is 13.3. The van der Waals surface area contributed by atoms with Crippen LogP contribution in [0.4, 0.5) is 0 Å². The van der Waals surface area contributed by atoms with Crippen LogP contribution in [-0.2, 0) is 10.1 Å². The maximum Gasteiger partial charge on any atom is 0.344 e. The van der Waals surface area contributed by atoms with Gasteiger partial charge in [-0.2, -0.15) is 8.42 Å². The van der Waals surface area contributed by atoms with Crippen molar-refractivity contribution in [1.29, 1.82) is 0 Å². The van der Waals surface area contributed by atoms with Crippen molar-refractivity contribution < 1.29 is 17.1 Å². The fourth-order valence-corrected chi connectivity index (χ4v) is 3.26. The molecule has 0 bridgehead atoms. The largest absolute Gasteiger partial charge is 0.379 e. The minimum absolute atomic E-state index is 0.0126. The molecular weight excluding hydrogens is 369 g/mol. The quantitative estimate of drug-likeness (QED) is 0.606. The van der Waals surface area contributed by atoms with Gasteiger partial charge >= 0.3 is 10.1 Å². The third-order valence-electron chi connectivity index (χ3n) is 2.22. The minimum Gasteiger partial charge on any atom is -0.379 e. The molecule has 2 rings (SSSR count). The van der Waals surface area contributed by atoms with E-state index in [1.165, 1.54) is 6.92 Å². The average molecular weight is 379 g/mol. The molecule has 0 radical (unpaired) electrons. The van der Waals surface area contributed by atoms with Crippen LogP contribution in [0.1, 0.15) is 11.5 Å². The van der Waals surface area contributed by atoms with Gasteiger partial charge in [-0.1, -0.05) is 11.2 Å². The third-order valence-corrected chi connectivity index (χ3v) is 4.39. The fraction of sp³-hybridized carbons (Fsp3) is 0.182. The second-order valence-corrected chi connectivity index (χ2v) is 6.38. The Kier molecular flexibility index (Phi) is 3.62. The van der Waals surface area contributed by atoms with Gasteiger partial charge in [0, 0.05) is 3.57 Å². The van der Waals surface area contributed by atoms with Gasteiger partial charge < -0.3 is 8.71 Å². The summed E-state index contributed by atoms with van der Waals surface area (Å²) < 4.78 is 35.0. The summed E-state index contributed by atoms with van der Waals surface area (Å²) in [6.45, 7) is 3.09. The SMILES string of the molecule is Cc1noc(C)c1S(=O)(=O)Oc1cccc(I)c1. The lowest BCUT2D eigenvalue weighted by atomic mass is 10.3. The molecule has 2 aromatic rings. The average Bonchev–Trinajstić information content (AvgIpc) is 2.58. The van der Waals surface area contributed by atoms with Crippen molar-refractivity contribution in [2.24, 2.45) is 0 Å². The number of rotatable bonds is 3. The van der Waals surface area contributed by atoms with E-state index in [-0.39, 0.29) is 22.1 Å². The molecule has 1 aromatic heterocycles. The van der Waals surface area contributed by atoms with Crippen molar-refractivity contribution in [3.05, 3.63) is 39.3 Å². The molecule has 0 unspecified atom stereocenters. The van der Waals surface area contributed by atoms with Crippen molar-refractivity contribution >= 4 is 32.7 Å². The number of halogens is 1. The number of nitrogens with zero attached hydrogens (tertiary/aromatic N) is 1. The van der Waals surface area contributed by atoms with Gasteiger partial charge in [-0.05, 0) is 54.6 Å². The molecule has 0 spiro atoms. The Hall–Kier alpha value is -1.09.